The van der Waals surface area contributed by atoms with E-state index in [-0.39, 0.29) is 37.5 Å². The van der Waals surface area contributed by atoms with Crippen LogP contribution in [-0.2, 0) is 9.05 Å². The molecule has 0 aromatic heterocycles. The number of ether oxygens (including phenoxy) is 1. The van der Waals surface area contributed by atoms with Gasteiger partial charge < -0.3 is 23.7 Å². The van der Waals surface area contributed by atoms with Crippen LogP contribution in [0.1, 0.15) is 52.7 Å². The number of hydrogen-bond donors (Lipinski definition) is 1. The lowest BCUT2D eigenvalue weighted by molar-refractivity contribution is -0.386. The van der Waals surface area contributed by atoms with E-state index < -0.39 is 19.6 Å². The zero-order valence-corrected chi connectivity index (χ0v) is 19.1. The zero-order chi connectivity index (χ0) is 23.4. The standard InChI is InChI=1S/C20H32N3O6P/c1-15(2)22(16(3)4)30(28-13-10-21-6)29-17(5)19-14-18(27-12-7-11-24)8-9-20(19)23(25)26/h8-9,14-17,24H,7,10-13H2,1-5H3/i24T. The molecule has 1 aromatic rings. The van der Waals surface area contributed by atoms with Crippen molar-refractivity contribution in [2.75, 3.05) is 26.4 Å². The number of benzene rings is 1. The number of nitrogens with zero attached hydrogens (tertiary/aromatic N) is 3. The van der Waals surface area contributed by atoms with Crippen molar-refractivity contribution < 1.29 is 23.8 Å². The van der Waals surface area contributed by atoms with E-state index >= 15 is 0 Å². The van der Waals surface area contributed by atoms with Gasteiger partial charge in [-0.1, -0.05) is 0 Å². The topological polar surface area (TPSA) is 98.7 Å². The van der Waals surface area contributed by atoms with Crippen LogP contribution in [0.25, 0.3) is 4.85 Å². The van der Waals surface area contributed by atoms with Crippen LogP contribution >= 0.6 is 8.53 Å². The summed E-state index contributed by atoms with van der Waals surface area (Å²) in [6.07, 6.45) is -0.112. The summed E-state index contributed by atoms with van der Waals surface area (Å²) in [6.45, 7) is 17.8. The molecule has 0 aliphatic carbocycles. The fraction of sp³-hybridized carbons (Fsp3) is 0.650. The average Bonchev–Trinajstić information content (AvgIpc) is 2.70. The molecule has 0 bridgehead atoms. The Bertz CT molecular complexity index is 723. The first kappa shape index (κ1) is 24.4. The molecule has 0 saturated carbocycles. The lowest BCUT2D eigenvalue weighted by atomic mass is 10.1. The Morgan fingerprint density at radius 1 is 1.30 bits per heavy atom. The third-order valence-electron chi connectivity index (χ3n) is 4.09. The molecule has 0 amide bonds. The predicted molar refractivity (Wildman–Crippen MR) is 116 cm³/mol. The zero-order valence-electron chi connectivity index (χ0n) is 19.2. The van der Waals surface area contributed by atoms with Gasteiger partial charge in [-0.3, -0.25) is 10.1 Å². The fourth-order valence-electron chi connectivity index (χ4n) is 2.84. The van der Waals surface area contributed by atoms with E-state index in [1.54, 1.807) is 19.1 Å². The smallest absolute Gasteiger partial charge is 0.275 e. The second-order valence-electron chi connectivity index (χ2n) is 7.15. The monoisotopic (exact) mass is 443 g/mol. The second-order valence-corrected chi connectivity index (χ2v) is 8.56. The normalized spacial score (nSPS) is 13.9. The molecule has 0 aliphatic heterocycles. The van der Waals surface area contributed by atoms with Gasteiger partial charge in [0.1, 0.15) is 12.4 Å². The molecule has 10 heteroatoms. The van der Waals surface area contributed by atoms with Gasteiger partial charge in [-0.05, 0) is 46.8 Å². The van der Waals surface area contributed by atoms with Crippen molar-refractivity contribution in [2.45, 2.75) is 59.2 Å². The van der Waals surface area contributed by atoms with E-state index in [0.717, 1.165) is 0 Å². The SMILES string of the molecule is [3H]OCCCOc1ccc([N+](=O)[O-])c(C(C)OP(OCC[N+]#[C-])N(C(C)C)C(C)C)c1. The van der Waals surface area contributed by atoms with Crippen LogP contribution in [0.15, 0.2) is 18.2 Å². The number of nitro benzene ring substituents is 1. The van der Waals surface area contributed by atoms with E-state index in [4.69, 9.17) is 21.8 Å². The average molecular weight is 443 g/mol. The van der Waals surface area contributed by atoms with E-state index in [9.17, 15) is 10.1 Å². The Morgan fingerprint density at radius 2 is 2.00 bits per heavy atom. The number of rotatable bonds is 15. The number of hydrogen-bond acceptors (Lipinski definition) is 7. The Kier molecular flexibility index (Phi) is 11.0. The van der Waals surface area contributed by atoms with Crippen molar-refractivity contribution in [3.05, 3.63) is 45.3 Å². The third-order valence-corrected chi connectivity index (χ3v) is 6.29. The number of aliphatic hydroxyl groups is 1. The summed E-state index contributed by atoms with van der Waals surface area (Å²) in [6, 6.07) is 4.78. The molecule has 0 radical (unpaired) electrons. The Balaban J connectivity index is 3.12. The first-order chi connectivity index (χ1) is 14.7. The van der Waals surface area contributed by atoms with Crippen LogP contribution in [0.2, 0.25) is 0 Å². The van der Waals surface area contributed by atoms with E-state index in [2.05, 4.69) is 14.6 Å². The molecule has 0 heterocycles. The van der Waals surface area contributed by atoms with E-state index in [1.165, 1.54) is 6.07 Å². The van der Waals surface area contributed by atoms with E-state index in [0.29, 0.717) is 24.3 Å². The summed E-state index contributed by atoms with van der Waals surface area (Å²) in [7, 11) is -1.55. The maximum atomic E-state index is 11.6. The summed E-state index contributed by atoms with van der Waals surface area (Å²) in [5.41, 5.74) is 0.319. The summed E-state index contributed by atoms with van der Waals surface area (Å²) >= 11 is 0. The lowest BCUT2D eigenvalue weighted by Gasteiger charge is -2.36. The quantitative estimate of drug-likeness (QED) is 0.138. The van der Waals surface area contributed by atoms with Gasteiger partial charge in [-0.25, -0.2) is 11.2 Å². The van der Waals surface area contributed by atoms with Gasteiger partial charge in [0.05, 0.1) is 23.2 Å². The van der Waals surface area contributed by atoms with Crippen molar-refractivity contribution in [1.29, 1.82) is 1.43 Å². The highest BCUT2D eigenvalue weighted by Gasteiger charge is 2.31. The third kappa shape index (κ3) is 8.13. The molecular weight excluding hydrogens is 409 g/mol. The molecule has 2 unspecified atom stereocenters. The van der Waals surface area contributed by atoms with Gasteiger partial charge in [0.15, 0.2) is 0 Å². The molecule has 0 spiro atoms. The lowest BCUT2D eigenvalue weighted by Crippen LogP contribution is -2.34. The van der Waals surface area contributed by atoms with Crippen molar-refractivity contribution in [1.82, 2.24) is 4.67 Å². The molecular formula is C20H32N3O6P. The maximum Gasteiger partial charge on any atom is 0.275 e. The summed E-state index contributed by atoms with van der Waals surface area (Å²) in [5, 5.41) is 15.8. The van der Waals surface area contributed by atoms with E-state index in [1.807, 2.05) is 27.7 Å². The maximum absolute atomic E-state index is 11.6. The molecule has 168 valence electrons. The van der Waals surface area contributed by atoms with Gasteiger partial charge in [-0.2, -0.15) is 0 Å². The van der Waals surface area contributed by atoms with Gasteiger partial charge in [0.2, 0.25) is 7.98 Å². The predicted octanol–water partition coefficient (Wildman–Crippen LogP) is 4.72. The summed E-state index contributed by atoms with van der Waals surface area (Å²) < 4.78 is 26.5. The molecule has 9 nitrogen and oxygen atoms in total. The van der Waals surface area contributed by atoms with Crippen LogP contribution < -0.4 is 4.74 Å². The van der Waals surface area contributed by atoms with Crippen LogP contribution in [0.4, 0.5) is 5.69 Å². The van der Waals surface area contributed by atoms with Crippen LogP contribution in [0.3, 0.4) is 0 Å². The van der Waals surface area contributed by atoms with Crippen LogP contribution in [0.5, 0.6) is 5.75 Å². The summed E-state index contributed by atoms with van der Waals surface area (Å²) in [5.74, 6) is 0.476. The Labute approximate surface area is 181 Å². The fourth-order valence-corrected chi connectivity index (χ4v) is 4.52. The van der Waals surface area contributed by atoms with Crippen molar-refractivity contribution in [3.63, 3.8) is 0 Å². The largest absolute Gasteiger partial charge is 0.493 e. The first-order valence-corrected chi connectivity index (χ1v) is 11.1. The van der Waals surface area contributed by atoms with Gasteiger partial charge in [0, 0.05) is 31.2 Å². The molecule has 0 saturated heterocycles. The molecule has 1 rings (SSSR count). The van der Waals surface area contributed by atoms with Crippen LogP contribution in [0, 0.1) is 16.7 Å². The minimum absolute atomic E-state index is 0.0638. The highest BCUT2D eigenvalue weighted by Crippen LogP contribution is 2.50. The second kappa shape index (κ2) is 13.5. The molecule has 1 aromatic carbocycles. The highest BCUT2D eigenvalue weighted by molar-refractivity contribution is 7.44. The van der Waals surface area contributed by atoms with Crippen molar-refractivity contribution in [3.8, 4) is 5.75 Å². The molecule has 0 aliphatic rings. The number of nitro groups is 1. The van der Waals surface area contributed by atoms with Gasteiger partial charge in [0.25, 0.3) is 14.2 Å². The Hall–Kier alpha value is -1.82. The molecule has 30 heavy (non-hydrogen) atoms. The van der Waals surface area contributed by atoms with Crippen molar-refractivity contribution in [2.24, 2.45) is 0 Å². The Morgan fingerprint density at radius 3 is 2.57 bits per heavy atom. The van der Waals surface area contributed by atoms with Gasteiger partial charge >= 0.3 is 0 Å². The number of aliphatic hydroxyl groups excluding tert-OH is 1. The van der Waals surface area contributed by atoms with Gasteiger partial charge in [-0.15, -0.1) is 0 Å². The minimum atomic E-state index is -1.55. The summed E-state index contributed by atoms with van der Waals surface area (Å²) in [4.78, 5) is 14.5. The minimum Gasteiger partial charge on any atom is -0.493 e. The van der Waals surface area contributed by atoms with Crippen molar-refractivity contribution >= 4 is 14.2 Å². The first-order valence-electron chi connectivity index (χ1n) is 10.3. The molecule has 1 N–H and O–H groups in total. The molecule has 0 fully saturated rings. The van der Waals surface area contributed by atoms with Crippen LogP contribution in [-0.4, -0.2) is 54.6 Å². The molecule has 2 atom stereocenters. The highest BCUT2D eigenvalue weighted by atomic mass is 31.2.